The molecule has 4 rings (SSSR count). The molecule has 0 unspecified atom stereocenters. The molecule has 118 valence electrons. The number of fused-ring (bicyclic) bond motifs is 3. The predicted molar refractivity (Wildman–Crippen MR) is 74.5 cm³/mol. The Kier molecular flexibility index (Phi) is 3.01. The third-order valence-electron chi connectivity index (χ3n) is 4.83. The summed E-state index contributed by atoms with van der Waals surface area (Å²) in [6.45, 7) is 1.63. The molecular formula is C16H17F3N2O. The lowest BCUT2D eigenvalue weighted by atomic mass is 9.93. The van der Waals surface area contributed by atoms with E-state index in [0.29, 0.717) is 43.1 Å². The molecule has 6 heteroatoms. The molecule has 2 aliphatic heterocycles. The zero-order chi connectivity index (χ0) is 15.5. The molecule has 0 aromatic heterocycles. The first kappa shape index (κ1) is 14.1. The summed E-state index contributed by atoms with van der Waals surface area (Å²) in [5, 5.41) is 3.17. The van der Waals surface area contributed by atoms with Gasteiger partial charge in [0.1, 0.15) is 0 Å². The second-order valence-electron chi connectivity index (χ2n) is 6.47. The van der Waals surface area contributed by atoms with Crippen LogP contribution in [0.25, 0.3) is 0 Å². The standard InChI is InChI=1S/C16H17F3N2O/c17-16(18,19)12-7-10(5-9-1-2-9)6-11-13-8-20-3-4-21(13)15(22)14(11)12/h6-7,9,13,20H,1-5,8H2/t13-/m0/s1. The van der Waals surface area contributed by atoms with E-state index in [9.17, 15) is 18.0 Å². The Bertz CT molecular complexity index is 637. The largest absolute Gasteiger partial charge is 0.417 e. The number of amides is 1. The van der Waals surface area contributed by atoms with Crippen LogP contribution in [0.2, 0.25) is 0 Å². The van der Waals surface area contributed by atoms with E-state index < -0.39 is 17.6 Å². The molecule has 3 nitrogen and oxygen atoms in total. The summed E-state index contributed by atoms with van der Waals surface area (Å²) in [5.41, 5.74) is 0.400. The van der Waals surface area contributed by atoms with Gasteiger partial charge in [-0.1, -0.05) is 6.07 Å². The summed E-state index contributed by atoms with van der Waals surface area (Å²) < 4.78 is 40.3. The number of hydrogen-bond donors (Lipinski definition) is 1. The molecule has 0 bridgehead atoms. The van der Waals surface area contributed by atoms with Crippen LogP contribution in [-0.4, -0.2) is 30.4 Å². The van der Waals surface area contributed by atoms with Gasteiger partial charge in [0, 0.05) is 19.6 Å². The number of carbonyl (C=O) groups excluding carboxylic acids is 1. The zero-order valence-corrected chi connectivity index (χ0v) is 12.0. The van der Waals surface area contributed by atoms with E-state index in [4.69, 9.17) is 0 Å². The Labute approximate surface area is 126 Å². The molecule has 1 atom stereocenters. The molecule has 0 radical (unpaired) electrons. The summed E-state index contributed by atoms with van der Waals surface area (Å²) in [4.78, 5) is 14.0. The van der Waals surface area contributed by atoms with Gasteiger partial charge in [-0.15, -0.1) is 0 Å². The first-order valence-corrected chi connectivity index (χ1v) is 7.71. The van der Waals surface area contributed by atoms with Gasteiger partial charge in [-0.2, -0.15) is 13.2 Å². The first-order chi connectivity index (χ1) is 10.4. The Morgan fingerprint density at radius 1 is 1.27 bits per heavy atom. The molecule has 1 saturated carbocycles. The zero-order valence-electron chi connectivity index (χ0n) is 12.0. The number of nitrogens with zero attached hydrogens (tertiary/aromatic N) is 1. The lowest BCUT2D eigenvalue weighted by Crippen LogP contribution is -2.44. The third-order valence-corrected chi connectivity index (χ3v) is 4.83. The van der Waals surface area contributed by atoms with Crippen LogP contribution in [0.5, 0.6) is 0 Å². The fraction of sp³-hybridized carbons (Fsp3) is 0.562. The molecule has 1 aromatic carbocycles. The van der Waals surface area contributed by atoms with Gasteiger partial charge in [0.2, 0.25) is 0 Å². The van der Waals surface area contributed by atoms with E-state index in [1.54, 1.807) is 4.90 Å². The number of carbonyl (C=O) groups is 1. The normalized spacial score (nSPS) is 24.4. The summed E-state index contributed by atoms with van der Waals surface area (Å²) in [6.07, 6.45) is -1.62. The molecule has 1 amide bonds. The highest BCUT2D eigenvalue weighted by Crippen LogP contribution is 2.44. The summed E-state index contributed by atoms with van der Waals surface area (Å²) in [6, 6.07) is 2.77. The van der Waals surface area contributed by atoms with Crippen LogP contribution in [0.4, 0.5) is 13.2 Å². The Balaban J connectivity index is 1.84. The minimum absolute atomic E-state index is 0.124. The highest BCUT2D eigenvalue weighted by atomic mass is 19.4. The van der Waals surface area contributed by atoms with E-state index >= 15 is 0 Å². The lowest BCUT2D eigenvalue weighted by molar-refractivity contribution is -0.138. The van der Waals surface area contributed by atoms with Gasteiger partial charge in [0.05, 0.1) is 17.2 Å². The maximum absolute atomic E-state index is 13.4. The smallest absolute Gasteiger partial charge is 0.329 e. The first-order valence-electron chi connectivity index (χ1n) is 7.71. The van der Waals surface area contributed by atoms with Gasteiger partial charge in [-0.05, 0) is 42.4 Å². The van der Waals surface area contributed by atoms with Crippen molar-refractivity contribution in [2.24, 2.45) is 5.92 Å². The molecule has 2 heterocycles. The van der Waals surface area contributed by atoms with Crippen molar-refractivity contribution in [2.45, 2.75) is 31.5 Å². The number of benzene rings is 1. The molecule has 1 aliphatic carbocycles. The van der Waals surface area contributed by atoms with Crippen LogP contribution in [-0.2, 0) is 12.6 Å². The number of rotatable bonds is 2. The van der Waals surface area contributed by atoms with Gasteiger partial charge >= 0.3 is 6.18 Å². The number of piperazine rings is 1. The van der Waals surface area contributed by atoms with E-state index in [-0.39, 0.29) is 11.6 Å². The second-order valence-corrected chi connectivity index (χ2v) is 6.47. The Morgan fingerprint density at radius 3 is 2.73 bits per heavy atom. The highest BCUT2D eigenvalue weighted by molar-refractivity contribution is 6.01. The van der Waals surface area contributed by atoms with Crippen LogP contribution in [0, 0.1) is 5.92 Å². The van der Waals surface area contributed by atoms with Crippen LogP contribution >= 0.6 is 0 Å². The number of halogens is 3. The summed E-state index contributed by atoms with van der Waals surface area (Å²) in [7, 11) is 0. The van der Waals surface area contributed by atoms with Crippen LogP contribution in [0.15, 0.2) is 12.1 Å². The van der Waals surface area contributed by atoms with Crippen molar-refractivity contribution in [3.63, 3.8) is 0 Å². The van der Waals surface area contributed by atoms with Crippen LogP contribution < -0.4 is 5.32 Å². The molecule has 1 aromatic rings. The number of alkyl halides is 3. The molecule has 2 fully saturated rings. The number of nitrogens with one attached hydrogen (secondary N) is 1. The fourth-order valence-corrected chi connectivity index (χ4v) is 3.59. The van der Waals surface area contributed by atoms with Gasteiger partial charge in [-0.25, -0.2) is 0 Å². The van der Waals surface area contributed by atoms with Gasteiger partial charge in [0.15, 0.2) is 0 Å². The average molecular weight is 310 g/mol. The van der Waals surface area contributed by atoms with Crippen molar-refractivity contribution in [1.29, 1.82) is 0 Å². The quantitative estimate of drug-likeness (QED) is 0.911. The summed E-state index contributed by atoms with van der Waals surface area (Å²) >= 11 is 0. The van der Waals surface area contributed by atoms with E-state index in [0.717, 1.165) is 12.8 Å². The Hall–Kier alpha value is -1.56. The van der Waals surface area contributed by atoms with E-state index in [1.165, 1.54) is 6.07 Å². The monoisotopic (exact) mass is 310 g/mol. The second kappa shape index (κ2) is 4.72. The predicted octanol–water partition coefficient (Wildman–Crippen LogP) is 2.76. The average Bonchev–Trinajstić information content (AvgIpc) is 3.24. The van der Waals surface area contributed by atoms with Gasteiger partial charge in [0.25, 0.3) is 5.91 Å². The summed E-state index contributed by atoms with van der Waals surface area (Å²) in [5.74, 6) is 0.0450. The lowest BCUT2D eigenvalue weighted by Gasteiger charge is -2.30. The van der Waals surface area contributed by atoms with E-state index in [1.807, 2.05) is 6.07 Å². The highest BCUT2D eigenvalue weighted by Gasteiger charge is 2.45. The van der Waals surface area contributed by atoms with Crippen molar-refractivity contribution in [2.75, 3.05) is 19.6 Å². The van der Waals surface area contributed by atoms with Gasteiger partial charge < -0.3 is 10.2 Å². The molecular weight excluding hydrogens is 293 g/mol. The molecule has 1 N–H and O–H groups in total. The minimum atomic E-state index is -4.48. The van der Waals surface area contributed by atoms with Crippen molar-refractivity contribution in [3.8, 4) is 0 Å². The van der Waals surface area contributed by atoms with Crippen LogP contribution in [0.1, 0.15) is 45.9 Å². The molecule has 22 heavy (non-hydrogen) atoms. The van der Waals surface area contributed by atoms with Crippen molar-refractivity contribution in [1.82, 2.24) is 10.2 Å². The third kappa shape index (κ3) is 2.20. The molecule has 1 saturated heterocycles. The number of hydrogen-bond acceptors (Lipinski definition) is 2. The SMILES string of the molecule is O=C1c2c(cc(CC3CC3)cc2C(F)(F)F)[C@@H]2CNCCN12. The molecule has 3 aliphatic rings. The Morgan fingerprint density at radius 2 is 2.05 bits per heavy atom. The minimum Gasteiger partial charge on any atom is -0.329 e. The maximum Gasteiger partial charge on any atom is 0.417 e. The van der Waals surface area contributed by atoms with Crippen molar-refractivity contribution in [3.05, 3.63) is 34.4 Å². The van der Waals surface area contributed by atoms with Crippen molar-refractivity contribution < 1.29 is 18.0 Å². The van der Waals surface area contributed by atoms with Gasteiger partial charge in [-0.3, -0.25) is 4.79 Å². The topological polar surface area (TPSA) is 32.3 Å². The maximum atomic E-state index is 13.4. The van der Waals surface area contributed by atoms with Crippen LogP contribution in [0.3, 0.4) is 0 Å². The molecule has 0 spiro atoms. The fourth-order valence-electron chi connectivity index (χ4n) is 3.59. The van der Waals surface area contributed by atoms with E-state index in [2.05, 4.69) is 5.32 Å². The van der Waals surface area contributed by atoms with Crippen molar-refractivity contribution >= 4 is 5.91 Å².